The van der Waals surface area contributed by atoms with Gasteiger partial charge in [0.25, 0.3) is 0 Å². The van der Waals surface area contributed by atoms with Gasteiger partial charge < -0.3 is 10.6 Å². The smallest absolute Gasteiger partial charge is 0.137 e. The minimum Gasteiger partial charge on any atom is -0.369 e. The van der Waals surface area contributed by atoms with E-state index in [1.807, 2.05) is 12.1 Å². The molecule has 2 atom stereocenters. The largest absolute Gasteiger partial charge is 0.369 e. The molecule has 0 aromatic heterocycles. The van der Waals surface area contributed by atoms with Crippen molar-refractivity contribution in [1.82, 2.24) is 0 Å². The lowest BCUT2D eigenvalue weighted by atomic mass is 9.98. The lowest BCUT2D eigenvalue weighted by molar-refractivity contribution is 0.429. The summed E-state index contributed by atoms with van der Waals surface area (Å²) in [5, 5.41) is 0. The fraction of sp³-hybridized carbons (Fsp3) is 0.500. The van der Waals surface area contributed by atoms with Gasteiger partial charge in [-0.2, -0.15) is 0 Å². The molecule has 4 heteroatoms. The minimum absolute atomic E-state index is 0.217. The zero-order valence-corrected chi connectivity index (χ0v) is 10.9. The highest BCUT2D eigenvalue weighted by Gasteiger charge is 2.23. The number of halogens is 2. The Morgan fingerprint density at radius 1 is 1.50 bits per heavy atom. The molecule has 0 saturated carbocycles. The van der Waals surface area contributed by atoms with E-state index in [9.17, 15) is 4.39 Å². The molecule has 2 N–H and O–H groups in total. The van der Waals surface area contributed by atoms with Crippen LogP contribution in [0.5, 0.6) is 0 Å². The molecule has 1 heterocycles. The molecular weight excluding hydrogens is 271 g/mol. The van der Waals surface area contributed by atoms with Crippen molar-refractivity contribution in [1.29, 1.82) is 0 Å². The number of benzene rings is 1. The van der Waals surface area contributed by atoms with E-state index in [4.69, 9.17) is 5.73 Å². The molecule has 1 saturated heterocycles. The van der Waals surface area contributed by atoms with Crippen molar-refractivity contribution in [2.45, 2.75) is 31.8 Å². The maximum atomic E-state index is 13.1. The van der Waals surface area contributed by atoms with Crippen molar-refractivity contribution < 1.29 is 4.39 Å². The maximum absolute atomic E-state index is 13.1. The number of anilines is 1. The Labute approximate surface area is 104 Å². The van der Waals surface area contributed by atoms with E-state index in [0.29, 0.717) is 16.6 Å². The van der Waals surface area contributed by atoms with Gasteiger partial charge in [-0.1, -0.05) is 0 Å². The summed E-state index contributed by atoms with van der Waals surface area (Å²) in [6.45, 7) is 3.11. The van der Waals surface area contributed by atoms with Gasteiger partial charge in [0.2, 0.25) is 0 Å². The first-order chi connectivity index (χ1) is 7.58. The van der Waals surface area contributed by atoms with E-state index >= 15 is 0 Å². The Balaban J connectivity index is 2.20. The molecule has 88 valence electrons. The van der Waals surface area contributed by atoms with Gasteiger partial charge in [-0.15, -0.1) is 0 Å². The first kappa shape index (κ1) is 11.9. The highest BCUT2D eigenvalue weighted by molar-refractivity contribution is 9.10. The van der Waals surface area contributed by atoms with Crippen LogP contribution in [-0.2, 0) is 0 Å². The standard InChI is InChI=1S/C12H16BrFN2/c1-8-6-9(15)4-5-16(8)10-2-3-12(14)11(13)7-10/h2-3,7-9H,4-6,15H2,1H3. The molecule has 2 rings (SSSR count). The zero-order valence-electron chi connectivity index (χ0n) is 9.29. The Kier molecular flexibility index (Phi) is 3.50. The van der Waals surface area contributed by atoms with E-state index in [-0.39, 0.29) is 5.82 Å². The van der Waals surface area contributed by atoms with Crippen LogP contribution in [0.4, 0.5) is 10.1 Å². The van der Waals surface area contributed by atoms with Crippen molar-refractivity contribution in [3.05, 3.63) is 28.5 Å². The van der Waals surface area contributed by atoms with Crippen molar-refractivity contribution in [3.63, 3.8) is 0 Å². The fourth-order valence-electron chi connectivity index (χ4n) is 2.26. The first-order valence-electron chi connectivity index (χ1n) is 5.55. The molecule has 0 radical (unpaired) electrons. The van der Waals surface area contributed by atoms with Gasteiger partial charge in [-0.3, -0.25) is 0 Å². The second-order valence-electron chi connectivity index (χ2n) is 4.43. The second kappa shape index (κ2) is 4.72. The van der Waals surface area contributed by atoms with Crippen LogP contribution in [0.2, 0.25) is 0 Å². The number of nitrogens with zero attached hydrogens (tertiary/aromatic N) is 1. The quantitative estimate of drug-likeness (QED) is 0.860. The van der Waals surface area contributed by atoms with E-state index in [0.717, 1.165) is 25.1 Å². The molecule has 1 aliphatic heterocycles. The van der Waals surface area contributed by atoms with Gasteiger partial charge in [-0.05, 0) is 53.9 Å². The Bertz CT molecular complexity index is 383. The summed E-state index contributed by atoms with van der Waals surface area (Å²) in [6.07, 6.45) is 1.99. The summed E-state index contributed by atoms with van der Waals surface area (Å²) in [5.41, 5.74) is 6.99. The molecule has 1 aliphatic rings. The Hall–Kier alpha value is -0.610. The number of hydrogen-bond acceptors (Lipinski definition) is 2. The molecule has 0 bridgehead atoms. The van der Waals surface area contributed by atoms with Crippen molar-refractivity contribution in [3.8, 4) is 0 Å². The third-order valence-corrected chi connectivity index (χ3v) is 3.76. The molecule has 0 amide bonds. The van der Waals surface area contributed by atoms with Crippen LogP contribution < -0.4 is 10.6 Å². The summed E-state index contributed by atoms with van der Waals surface area (Å²) in [7, 11) is 0. The number of piperidine rings is 1. The van der Waals surface area contributed by atoms with E-state index in [1.54, 1.807) is 0 Å². The predicted molar refractivity (Wildman–Crippen MR) is 68.1 cm³/mol. The predicted octanol–water partition coefficient (Wildman–Crippen LogP) is 2.90. The van der Waals surface area contributed by atoms with E-state index < -0.39 is 0 Å². The first-order valence-corrected chi connectivity index (χ1v) is 6.34. The van der Waals surface area contributed by atoms with Gasteiger partial charge in [0.05, 0.1) is 4.47 Å². The average molecular weight is 287 g/mol. The Morgan fingerprint density at radius 3 is 2.88 bits per heavy atom. The van der Waals surface area contributed by atoms with Crippen LogP contribution in [0.15, 0.2) is 22.7 Å². The van der Waals surface area contributed by atoms with Gasteiger partial charge in [0.1, 0.15) is 5.82 Å². The molecule has 0 spiro atoms. The van der Waals surface area contributed by atoms with Crippen LogP contribution in [0.25, 0.3) is 0 Å². The lowest BCUT2D eigenvalue weighted by Gasteiger charge is -2.38. The lowest BCUT2D eigenvalue weighted by Crippen LogP contribution is -2.45. The average Bonchev–Trinajstić information content (AvgIpc) is 2.22. The summed E-state index contributed by atoms with van der Waals surface area (Å²) < 4.78 is 13.7. The van der Waals surface area contributed by atoms with Crippen LogP contribution in [0, 0.1) is 5.82 Å². The summed E-state index contributed by atoms with van der Waals surface area (Å²) in [4.78, 5) is 2.29. The summed E-state index contributed by atoms with van der Waals surface area (Å²) >= 11 is 3.22. The van der Waals surface area contributed by atoms with E-state index in [1.165, 1.54) is 6.07 Å². The van der Waals surface area contributed by atoms with Crippen LogP contribution >= 0.6 is 15.9 Å². The van der Waals surface area contributed by atoms with Crippen LogP contribution in [0.3, 0.4) is 0 Å². The normalized spacial score (nSPS) is 25.9. The fourth-order valence-corrected chi connectivity index (χ4v) is 2.62. The molecule has 16 heavy (non-hydrogen) atoms. The number of rotatable bonds is 1. The molecule has 0 aliphatic carbocycles. The zero-order chi connectivity index (χ0) is 11.7. The highest BCUT2D eigenvalue weighted by Crippen LogP contribution is 2.28. The SMILES string of the molecule is CC1CC(N)CCN1c1ccc(F)c(Br)c1. The number of hydrogen-bond donors (Lipinski definition) is 1. The van der Waals surface area contributed by atoms with Crippen LogP contribution in [-0.4, -0.2) is 18.6 Å². The molecular formula is C12H16BrFN2. The highest BCUT2D eigenvalue weighted by atomic mass is 79.9. The molecule has 2 unspecified atom stereocenters. The summed E-state index contributed by atoms with van der Waals surface area (Å²) in [5.74, 6) is -0.217. The van der Waals surface area contributed by atoms with Crippen molar-refractivity contribution in [2.75, 3.05) is 11.4 Å². The maximum Gasteiger partial charge on any atom is 0.137 e. The third-order valence-electron chi connectivity index (χ3n) is 3.15. The monoisotopic (exact) mass is 286 g/mol. The van der Waals surface area contributed by atoms with Crippen molar-refractivity contribution >= 4 is 21.6 Å². The molecule has 2 nitrogen and oxygen atoms in total. The number of nitrogens with two attached hydrogens (primary N) is 1. The third kappa shape index (κ3) is 2.38. The Morgan fingerprint density at radius 2 is 2.25 bits per heavy atom. The van der Waals surface area contributed by atoms with Crippen LogP contribution in [0.1, 0.15) is 19.8 Å². The molecule has 1 aromatic carbocycles. The van der Waals surface area contributed by atoms with Gasteiger partial charge in [0, 0.05) is 24.3 Å². The summed E-state index contributed by atoms with van der Waals surface area (Å²) in [6, 6.07) is 5.88. The molecule has 1 fully saturated rings. The minimum atomic E-state index is -0.217. The van der Waals surface area contributed by atoms with E-state index in [2.05, 4.69) is 27.8 Å². The van der Waals surface area contributed by atoms with Gasteiger partial charge in [-0.25, -0.2) is 4.39 Å². The van der Waals surface area contributed by atoms with Gasteiger partial charge in [0.15, 0.2) is 0 Å². The van der Waals surface area contributed by atoms with Gasteiger partial charge >= 0.3 is 0 Å². The second-order valence-corrected chi connectivity index (χ2v) is 5.28. The molecule has 1 aromatic rings. The topological polar surface area (TPSA) is 29.3 Å². The van der Waals surface area contributed by atoms with Crippen molar-refractivity contribution in [2.24, 2.45) is 5.73 Å².